The van der Waals surface area contributed by atoms with Crippen LogP contribution in [0.25, 0.3) is 0 Å². The van der Waals surface area contributed by atoms with Crippen molar-refractivity contribution < 1.29 is 9.53 Å². The number of carbonyl (C=O) groups excluding carboxylic acids is 1. The fourth-order valence-electron chi connectivity index (χ4n) is 1.56. The lowest BCUT2D eigenvalue weighted by Crippen LogP contribution is -2.15. The van der Waals surface area contributed by atoms with Gasteiger partial charge in [0, 0.05) is 21.4 Å². The highest BCUT2D eigenvalue weighted by atomic mass is 35.5. The number of aromatic nitrogens is 1. The molecule has 4 nitrogen and oxygen atoms in total. The summed E-state index contributed by atoms with van der Waals surface area (Å²) < 4.78 is 5.14. The zero-order valence-electron chi connectivity index (χ0n) is 12.1. The van der Waals surface area contributed by atoms with E-state index in [0.717, 1.165) is 11.3 Å². The number of benzene rings is 1. The highest BCUT2D eigenvalue weighted by Crippen LogP contribution is 2.26. The molecule has 0 saturated heterocycles. The molecule has 1 N–H and O–H groups in total. The molecule has 0 spiro atoms. The van der Waals surface area contributed by atoms with Crippen LogP contribution in [0.4, 0.5) is 9.93 Å². The van der Waals surface area contributed by atoms with Crippen LogP contribution in [0.2, 0.25) is 5.02 Å². The van der Waals surface area contributed by atoms with Crippen molar-refractivity contribution in [2.24, 2.45) is 0 Å². The maximum absolute atomic E-state index is 11.7. The van der Waals surface area contributed by atoms with Gasteiger partial charge in [0.05, 0.1) is 5.69 Å². The van der Waals surface area contributed by atoms with Gasteiger partial charge in [-0.25, -0.2) is 9.78 Å². The lowest BCUT2D eigenvalue weighted by atomic mass is 9.93. The molecule has 6 heteroatoms. The molecule has 0 unspecified atom stereocenters. The molecule has 0 aliphatic carbocycles. The van der Waals surface area contributed by atoms with Crippen molar-refractivity contribution in [2.75, 3.05) is 5.32 Å². The molecule has 0 saturated carbocycles. The molecule has 1 aromatic carbocycles. The average molecular weight is 325 g/mol. The van der Waals surface area contributed by atoms with E-state index in [-0.39, 0.29) is 12.0 Å². The third-order valence-electron chi connectivity index (χ3n) is 2.80. The van der Waals surface area contributed by atoms with Crippen LogP contribution in [-0.4, -0.2) is 11.1 Å². The topological polar surface area (TPSA) is 51.2 Å². The Morgan fingerprint density at radius 2 is 2.10 bits per heavy atom. The Morgan fingerprint density at radius 3 is 2.71 bits per heavy atom. The maximum Gasteiger partial charge on any atom is 0.413 e. The molecule has 0 atom stereocenters. The number of hydrogen-bond acceptors (Lipinski definition) is 4. The summed E-state index contributed by atoms with van der Waals surface area (Å²) in [5, 5.41) is 5.67. The molecule has 0 bridgehead atoms. The Morgan fingerprint density at radius 1 is 1.38 bits per heavy atom. The number of ether oxygens (including phenoxy) is 1. The molecule has 1 heterocycles. The minimum absolute atomic E-state index is 0.0438. The number of carbonyl (C=O) groups is 1. The van der Waals surface area contributed by atoms with Crippen molar-refractivity contribution in [1.82, 2.24) is 4.98 Å². The zero-order valence-corrected chi connectivity index (χ0v) is 13.7. The van der Waals surface area contributed by atoms with E-state index in [1.807, 2.05) is 23.6 Å². The second-order valence-corrected chi connectivity index (χ2v) is 6.85. The average Bonchev–Trinajstić information content (AvgIpc) is 2.86. The van der Waals surface area contributed by atoms with Crippen molar-refractivity contribution in [3.8, 4) is 0 Å². The summed E-state index contributed by atoms with van der Waals surface area (Å²) in [6.45, 7) is 6.34. The number of rotatable bonds is 3. The van der Waals surface area contributed by atoms with Crippen LogP contribution in [0, 0.1) is 0 Å². The van der Waals surface area contributed by atoms with Gasteiger partial charge in [0.1, 0.15) is 6.61 Å². The van der Waals surface area contributed by atoms with E-state index < -0.39 is 6.09 Å². The Balaban J connectivity index is 1.90. The summed E-state index contributed by atoms with van der Waals surface area (Å²) in [6, 6.07) is 7.25. The van der Waals surface area contributed by atoms with Gasteiger partial charge >= 0.3 is 6.09 Å². The molecule has 2 rings (SSSR count). The minimum Gasteiger partial charge on any atom is -0.444 e. The smallest absolute Gasteiger partial charge is 0.413 e. The van der Waals surface area contributed by atoms with Crippen LogP contribution in [-0.2, 0) is 16.8 Å². The normalized spacial score (nSPS) is 11.2. The second-order valence-electron chi connectivity index (χ2n) is 5.58. The molecule has 0 aliphatic rings. The predicted octanol–water partition coefficient (Wildman–Crippen LogP) is 4.84. The molecule has 0 fully saturated rings. The van der Waals surface area contributed by atoms with E-state index in [1.165, 1.54) is 11.3 Å². The molecular weight excluding hydrogens is 308 g/mol. The molecule has 0 aliphatic heterocycles. The van der Waals surface area contributed by atoms with Gasteiger partial charge in [0.25, 0.3) is 0 Å². The van der Waals surface area contributed by atoms with Crippen molar-refractivity contribution in [1.29, 1.82) is 0 Å². The van der Waals surface area contributed by atoms with Crippen LogP contribution < -0.4 is 5.32 Å². The molecule has 112 valence electrons. The maximum atomic E-state index is 11.7. The third kappa shape index (κ3) is 4.44. The summed E-state index contributed by atoms with van der Waals surface area (Å²) in [5.74, 6) is 0. The molecule has 1 aromatic heterocycles. The summed E-state index contributed by atoms with van der Waals surface area (Å²) >= 11 is 7.38. The van der Waals surface area contributed by atoms with Crippen molar-refractivity contribution in [2.45, 2.75) is 32.8 Å². The minimum atomic E-state index is -0.537. The number of nitrogens with one attached hydrogen (secondary N) is 1. The van der Waals surface area contributed by atoms with Crippen LogP contribution in [0.3, 0.4) is 0 Å². The van der Waals surface area contributed by atoms with Crippen molar-refractivity contribution in [3.05, 3.63) is 45.9 Å². The Labute approximate surface area is 133 Å². The van der Waals surface area contributed by atoms with Gasteiger partial charge in [-0.15, -0.1) is 11.3 Å². The first kappa shape index (κ1) is 15.8. The number of amides is 1. The highest BCUT2D eigenvalue weighted by Gasteiger charge is 2.18. The lowest BCUT2D eigenvalue weighted by Gasteiger charge is -2.14. The second kappa shape index (κ2) is 6.45. The summed E-state index contributed by atoms with van der Waals surface area (Å²) in [5.41, 5.74) is 1.66. The Bertz CT molecular complexity index is 635. The van der Waals surface area contributed by atoms with Crippen LogP contribution in [0.1, 0.15) is 32.0 Å². The first-order chi connectivity index (χ1) is 9.86. The lowest BCUT2D eigenvalue weighted by molar-refractivity contribution is 0.155. The largest absolute Gasteiger partial charge is 0.444 e. The van der Waals surface area contributed by atoms with E-state index in [1.54, 1.807) is 6.07 Å². The first-order valence-corrected chi connectivity index (χ1v) is 7.75. The number of nitrogens with zero attached hydrogens (tertiary/aromatic N) is 1. The number of hydrogen-bond donors (Lipinski definition) is 1. The van der Waals surface area contributed by atoms with E-state index in [2.05, 4.69) is 31.1 Å². The number of halogens is 1. The Kier molecular flexibility index (Phi) is 4.85. The summed E-state index contributed by atoms with van der Waals surface area (Å²) in [7, 11) is 0. The molecule has 2 aromatic rings. The van der Waals surface area contributed by atoms with E-state index >= 15 is 0 Å². The van der Waals surface area contributed by atoms with Gasteiger partial charge in [-0.05, 0) is 6.07 Å². The first-order valence-electron chi connectivity index (χ1n) is 6.49. The van der Waals surface area contributed by atoms with Gasteiger partial charge < -0.3 is 4.74 Å². The van der Waals surface area contributed by atoms with Crippen molar-refractivity contribution in [3.63, 3.8) is 0 Å². The fraction of sp³-hybridized carbons (Fsp3) is 0.333. The van der Waals surface area contributed by atoms with Gasteiger partial charge in [-0.3, -0.25) is 5.32 Å². The zero-order chi connectivity index (χ0) is 15.5. The number of anilines is 1. The standard InChI is InChI=1S/C15H17ClN2O2S/c1-15(2,3)12-9-21-13(17-12)18-14(19)20-8-10-6-4-5-7-11(10)16/h4-7,9H,8H2,1-3H3,(H,17,18,19). The van der Waals surface area contributed by atoms with Crippen LogP contribution in [0.15, 0.2) is 29.6 Å². The van der Waals surface area contributed by atoms with Gasteiger partial charge in [-0.1, -0.05) is 50.6 Å². The molecule has 1 amide bonds. The molecular formula is C15H17ClN2O2S. The molecule has 0 radical (unpaired) electrons. The Hall–Kier alpha value is -1.59. The highest BCUT2D eigenvalue weighted by molar-refractivity contribution is 7.13. The quantitative estimate of drug-likeness (QED) is 0.878. The summed E-state index contributed by atoms with van der Waals surface area (Å²) in [6.07, 6.45) is -0.537. The van der Waals surface area contributed by atoms with Gasteiger partial charge in [-0.2, -0.15) is 0 Å². The van der Waals surface area contributed by atoms with Crippen LogP contribution in [0.5, 0.6) is 0 Å². The van der Waals surface area contributed by atoms with Gasteiger partial charge in [0.2, 0.25) is 0 Å². The van der Waals surface area contributed by atoms with E-state index in [4.69, 9.17) is 16.3 Å². The van der Waals surface area contributed by atoms with Crippen molar-refractivity contribution >= 4 is 34.2 Å². The third-order valence-corrected chi connectivity index (χ3v) is 3.92. The predicted molar refractivity (Wildman–Crippen MR) is 86.1 cm³/mol. The number of thiazole rings is 1. The molecule has 21 heavy (non-hydrogen) atoms. The van der Waals surface area contributed by atoms with E-state index in [0.29, 0.717) is 10.2 Å². The van der Waals surface area contributed by atoms with Gasteiger partial charge in [0.15, 0.2) is 5.13 Å². The monoisotopic (exact) mass is 324 g/mol. The SMILES string of the molecule is CC(C)(C)c1csc(NC(=O)OCc2ccccc2Cl)n1. The summed E-state index contributed by atoms with van der Waals surface area (Å²) in [4.78, 5) is 16.1. The fourth-order valence-corrected chi connectivity index (χ4v) is 2.67. The van der Waals surface area contributed by atoms with Crippen LogP contribution >= 0.6 is 22.9 Å². The van der Waals surface area contributed by atoms with E-state index in [9.17, 15) is 4.79 Å².